The fourth-order valence-corrected chi connectivity index (χ4v) is 2.88. The van der Waals surface area contributed by atoms with Crippen LogP contribution in [0.5, 0.6) is 0 Å². The van der Waals surface area contributed by atoms with Crippen molar-refractivity contribution >= 4 is 28.4 Å². The predicted molar refractivity (Wildman–Crippen MR) is 96.0 cm³/mol. The number of fused-ring (bicyclic) bond motifs is 1. The summed E-state index contributed by atoms with van der Waals surface area (Å²) >= 11 is 5.96. The molecule has 0 aliphatic heterocycles. The molecule has 3 rings (SSSR count). The zero-order valence-corrected chi connectivity index (χ0v) is 14.1. The Morgan fingerprint density at radius 3 is 2.75 bits per heavy atom. The molecule has 3 N–H and O–H groups in total. The molecule has 2 aromatic carbocycles. The van der Waals surface area contributed by atoms with E-state index in [1.165, 1.54) is 0 Å². The van der Waals surface area contributed by atoms with E-state index < -0.39 is 5.60 Å². The molecule has 0 aliphatic carbocycles. The number of hydrogen-bond donors (Lipinski definition) is 3. The van der Waals surface area contributed by atoms with Crippen molar-refractivity contribution in [2.24, 2.45) is 0 Å². The van der Waals surface area contributed by atoms with Gasteiger partial charge in [0, 0.05) is 22.1 Å². The Hall–Kier alpha value is -2.30. The van der Waals surface area contributed by atoms with Crippen LogP contribution in [-0.4, -0.2) is 22.5 Å². The average Bonchev–Trinajstić information content (AvgIpc) is 2.96. The lowest BCUT2D eigenvalue weighted by atomic mass is 9.96. The molecule has 0 aliphatic rings. The molecule has 0 spiro atoms. The molecule has 0 bridgehead atoms. The molecule has 3 aromatic rings. The molecule has 1 unspecified atom stereocenters. The van der Waals surface area contributed by atoms with E-state index in [4.69, 9.17) is 11.6 Å². The Balaban J connectivity index is 1.65. The quantitative estimate of drug-likeness (QED) is 0.665. The fraction of sp³-hybridized carbons (Fsp3) is 0.211. The van der Waals surface area contributed by atoms with Gasteiger partial charge >= 0.3 is 0 Å². The van der Waals surface area contributed by atoms with Crippen molar-refractivity contribution < 1.29 is 9.90 Å². The van der Waals surface area contributed by atoms with Crippen LogP contribution >= 0.6 is 11.6 Å². The lowest BCUT2D eigenvalue weighted by Crippen LogP contribution is -2.39. The monoisotopic (exact) mass is 342 g/mol. The number of carbonyl (C=O) groups is 1. The number of aromatic nitrogens is 1. The highest BCUT2D eigenvalue weighted by Gasteiger charge is 2.23. The maximum absolute atomic E-state index is 12.2. The number of carbonyl (C=O) groups excluding carboxylic acids is 1. The topological polar surface area (TPSA) is 65.1 Å². The van der Waals surface area contributed by atoms with Gasteiger partial charge in [-0.25, -0.2) is 0 Å². The Morgan fingerprint density at radius 1 is 1.25 bits per heavy atom. The normalized spacial score (nSPS) is 13.6. The molecule has 0 fully saturated rings. The Kier molecular flexibility index (Phi) is 4.60. The molecule has 1 amide bonds. The van der Waals surface area contributed by atoms with E-state index in [0.717, 1.165) is 22.0 Å². The van der Waals surface area contributed by atoms with E-state index >= 15 is 0 Å². The van der Waals surface area contributed by atoms with Gasteiger partial charge in [0.15, 0.2) is 0 Å². The van der Waals surface area contributed by atoms with Gasteiger partial charge < -0.3 is 15.4 Å². The second-order valence-electron chi connectivity index (χ2n) is 6.10. The van der Waals surface area contributed by atoms with Crippen LogP contribution in [0.15, 0.2) is 54.7 Å². The third-order valence-corrected chi connectivity index (χ3v) is 4.34. The molecule has 1 heterocycles. The summed E-state index contributed by atoms with van der Waals surface area (Å²) in [6.45, 7) is 1.85. The zero-order valence-electron chi connectivity index (χ0n) is 13.3. The van der Waals surface area contributed by atoms with Crippen molar-refractivity contribution in [1.82, 2.24) is 10.3 Å². The van der Waals surface area contributed by atoms with Gasteiger partial charge in [-0.3, -0.25) is 4.79 Å². The third kappa shape index (κ3) is 3.61. The number of rotatable bonds is 5. The van der Waals surface area contributed by atoms with Crippen LogP contribution in [0.2, 0.25) is 5.02 Å². The van der Waals surface area contributed by atoms with Gasteiger partial charge in [-0.1, -0.05) is 48.0 Å². The number of nitrogens with one attached hydrogen (secondary N) is 2. The van der Waals surface area contributed by atoms with Crippen molar-refractivity contribution in [3.05, 3.63) is 70.9 Å². The van der Waals surface area contributed by atoms with E-state index in [-0.39, 0.29) is 18.9 Å². The molecule has 0 radical (unpaired) electrons. The lowest BCUT2D eigenvalue weighted by Gasteiger charge is -2.24. The van der Waals surface area contributed by atoms with Crippen LogP contribution < -0.4 is 5.32 Å². The number of aliphatic hydroxyl groups is 1. The summed E-state index contributed by atoms with van der Waals surface area (Å²) in [4.78, 5) is 15.4. The molecular formula is C19H19ClN2O2. The average molecular weight is 343 g/mol. The second kappa shape index (κ2) is 6.67. The first-order valence-corrected chi connectivity index (χ1v) is 8.13. The minimum atomic E-state index is -1.11. The highest BCUT2D eigenvalue weighted by Crippen LogP contribution is 2.23. The first-order valence-electron chi connectivity index (χ1n) is 7.76. The number of halogens is 1. The zero-order chi connectivity index (χ0) is 17.2. The smallest absolute Gasteiger partial charge is 0.224 e. The van der Waals surface area contributed by atoms with Gasteiger partial charge in [0.05, 0.1) is 13.0 Å². The molecule has 1 aromatic heterocycles. The van der Waals surface area contributed by atoms with Crippen molar-refractivity contribution in [1.29, 1.82) is 0 Å². The van der Waals surface area contributed by atoms with Crippen LogP contribution in [0.25, 0.3) is 10.9 Å². The SMILES string of the molecule is CC(O)(CNC(=O)Cc1c[nH]c2cc(Cl)ccc12)c1ccccc1. The summed E-state index contributed by atoms with van der Waals surface area (Å²) < 4.78 is 0. The highest BCUT2D eigenvalue weighted by atomic mass is 35.5. The van der Waals surface area contributed by atoms with E-state index in [2.05, 4.69) is 10.3 Å². The third-order valence-electron chi connectivity index (χ3n) is 4.11. The summed E-state index contributed by atoms with van der Waals surface area (Å²) in [6.07, 6.45) is 2.06. The van der Waals surface area contributed by atoms with E-state index in [1.54, 1.807) is 13.0 Å². The molecular weight excluding hydrogens is 324 g/mol. The highest BCUT2D eigenvalue weighted by molar-refractivity contribution is 6.31. The van der Waals surface area contributed by atoms with Gasteiger partial charge in [0.2, 0.25) is 5.91 Å². The molecule has 1 atom stereocenters. The second-order valence-corrected chi connectivity index (χ2v) is 6.53. The molecule has 0 saturated carbocycles. The molecule has 0 saturated heterocycles. The van der Waals surface area contributed by atoms with Crippen molar-refractivity contribution in [3.8, 4) is 0 Å². The summed E-state index contributed by atoms with van der Waals surface area (Å²) in [5.41, 5.74) is 1.47. The summed E-state index contributed by atoms with van der Waals surface area (Å²) in [6, 6.07) is 14.8. The van der Waals surface area contributed by atoms with Gasteiger partial charge in [-0.05, 0) is 30.2 Å². The Labute approximate surface area is 145 Å². The van der Waals surface area contributed by atoms with Gasteiger partial charge in [-0.2, -0.15) is 0 Å². The first kappa shape index (κ1) is 16.6. The summed E-state index contributed by atoms with van der Waals surface area (Å²) in [7, 11) is 0. The number of benzene rings is 2. The molecule has 4 nitrogen and oxygen atoms in total. The minimum Gasteiger partial charge on any atom is -0.384 e. The summed E-state index contributed by atoms with van der Waals surface area (Å²) in [5.74, 6) is -0.137. The maximum Gasteiger partial charge on any atom is 0.224 e. The van der Waals surface area contributed by atoms with E-state index in [9.17, 15) is 9.90 Å². The van der Waals surface area contributed by atoms with Crippen molar-refractivity contribution in [2.75, 3.05) is 6.54 Å². The standard InChI is InChI=1S/C19H19ClN2O2/c1-19(24,14-5-3-2-4-6-14)12-22-18(23)9-13-11-21-17-10-15(20)7-8-16(13)17/h2-8,10-11,21,24H,9,12H2,1H3,(H,22,23). The van der Waals surface area contributed by atoms with E-state index in [0.29, 0.717) is 5.02 Å². The molecule has 124 valence electrons. The Bertz CT molecular complexity index is 856. The molecule has 24 heavy (non-hydrogen) atoms. The minimum absolute atomic E-state index is 0.137. The number of amides is 1. The largest absolute Gasteiger partial charge is 0.384 e. The van der Waals surface area contributed by atoms with Crippen molar-refractivity contribution in [3.63, 3.8) is 0 Å². The molecule has 5 heteroatoms. The number of aromatic amines is 1. The van der Waals surface area contributed by atoms with Crippen LogP contribution in [-0.2, 0) is 16.8 Å². The van der Waals surface area contributed by atoms with Gasteiger partial charge in [-0.15, -0.1) is 0 Å². The van der Waals surface area contributed by atoms with Crippen LogP contribution in [0.3, 0.4) is 0 Å². The number of hydrogen-bond acceptors (Lipinski definition) is 2. The first-order chi connectivity index (χ1) is 11.5. The number of H-pyrrole nitrogens is 1. The maximum atomic E-state index is 12.2. The van der Waals surface area contributed by atoms with Crippen LogP contribution in [0.4, 0.5) is 0 Å². The van der Waals surface area contributed by atoms with Gasteiger partial charge in [0.25, 0.3) is 0 Å². The van der Waals surface area contributed by atoms with Gasteiger partial charge in [0.1, 0.15) is 5.60 Å². The predicted octanol–water partition coefficient (Wildman–Crippen LogP) is 3.39. The van der Waals surface area contributed by atoms with E-state index in [1.807, 2.05) is 48.7 Å². The van der Waals surface area contributed by atoms with Crippen LogP contribution in [0, 0.1) is 0 Å². The lowest BCUT2D eigenvalue weighted by molar-refractivity contribution is -0.121. The Morgan fingerprint density at radius 2 is 2.00 bits per heavy atom. The fourth-order valence-electron chi connectivity index (χ4n) is 2.71. The van der Waals surface area contributed by atoms with Crippen LogP contribution in [0.1, 0.15) is 18.1 Å². The summed E-state index contributed by atoms with van der Waals surface area (Å²) in [5, 5.41) is 15.0. The van der Waals surface area contributed by atoms with Crippen molar-refractivity contribution in [2.45, 2.75) is 18.9 Å².